The Morgan fingerprint density at radius 3 is 2.19 bits per heavy atom. The lowest BCUT2D eigenvalue weighted by Gasteiger charge is -2.18. The van der Waals surface area contributed by atoms with Crippen molar-refractivity contribution in [3.8, 4) is 17.2 Å². The van der Waals surface area contributed by atoms with E-state index in [2.05, 4.69) is 5.32 Å². The van der Waals surface area contributed by atoms with E-state index in [9.17, 15) is 9.90 Å². The summed E-state index contributed by atoms with van der Waals surface area (Å²) >= 11 is 0. The van der Waals surface area contributed by atoms with Gasteiger partial charge in [0.1, 0.15) is 6.04 Å². The first-order valence-corrected chi connectivity index (χ1v) is 8.46. The van der Waals surface area contributed by atoms with E-state index in [1.54, 1.807) is 14.2 Å². The molecule has 0 aliphatic heterocycles. The zero-order valence-electron chi connectivity index (χ0n) is 15.3. The number of rotatable bonds is 10. The molecular formula is C20H25NO5. The van der Waals surface area contributed by atoms with E-state index in [4.69, 9.17) is 14.2 Å². The molecule has 2 aromatic carbocycles. The molecule has 0 aliphatic carbocycles. The molecule has 140 valence electrons. The Labute approximate surface area is 153 Å². The SMILES string of the molecule is CCOc1c(OC)cc(CN[C@H](Cc2ccccc2)C(=O)O)cc1OC. The minimum Gasteiger partial charge on any atom is -0.493 e. The van der Waals surface area contributed by atoms with E-state index in [-0.39, 0.29) is 0 Å². The summed E-state index contributed by atoms with van der Waals surface area (Å²) in [4.78, 5) is 11.6. The Hall–Kier alpha value is -2.73. The average Bonchev–Trinajstić information content (AvgIpc) is 2.66. The van der Waals surface area contributed by atoms with Gasteiger partial charge in [-0.1, -0.05) is 30.3 Å². The van der Waals surface area contributed by atoms with Gasteiger partial charge in [-0.3, -0.25) is 4.79 Å². The molecule has 0 saturated carbocycles. The lowest BCUT2D eigenvalue weighted by atomic mass is 10.1. The van der Waals surface area contributed by atoms with Crippen molar-refractivity contribution in [2.45, 2.75) is 25.9 Å². The van der Waals surface area contributed by atoms with Gasteiger partial charge in [0.05, 0.1) is 20.8 Å². The van der Waals surface area contributed by atoms with Crippen LogP contribution in [0.3, 0.4) is 0 Å². The predicted octanol–water partition coefficient (Wildman–Crippen LogP) is 2.89. The van der Waals surface area contributed by atoms with E-state index in [0.717, 1.165) is 11.1 Å². The molecule has 0 saturated heterocycles. The molecule has 0 unspecified atom stereocenters. The molecule has 0 spiro atoms. The lowest BCUT2D eigenvalue weighted by Crippen LogP contribution is -2.38. The van der Waals surface area contributed by atoms with Crippen LogP contribution in [-0.4, -0.2) is 37.9 Å². The van der Waals surface area contributed by atoms with Gasteiger partial charge in [0.15, 0.2) is 11.5 Å². The first kappa shape index (κ1) is 19.6. The predicted molar refractivity (Wildman–Crippen MR) is 99.1 cm³/mol. The summed E-state index contributed by atoms with van der Waals surface area (Å²) in [7, 11) is 3.12. The van der Waals surface area contributed by atoms with Crippen LogP contribution in [0.2, 0.25) is 0 Å². The van der Waals surface area contributed by atoms with Crippen molar-refractivity contribution in [2.75, 3.05) is 20.8 Å². The summed E-state index contributed by atoms with van der Waals surface area (Å²) in [5.41, 5.74) is 1.82. The second-order valence-corrected chi connectivity index (χ2v) is 5.72. The van der Waals surface area contributed by atoms with Crippen molar-refractivity contribution in [2.24, 2.45) is 0 Å². The zero-order valence-corrected chi connectivity index (χ0v) is 15.3. The fraction of sp³-hybridized carbons (Fsp3) is 0.350. The van der Waals surface area contributed by atoms with Crippen LogP contribution in [0.25, 0.3) is 0 Å². The highest BCUT2D eigenvalue weighted by Gasteiger charge is 2.19. The number of carboxylic acids is 1. The van der Waals surface area contributed by atoms with Gasteiger partial charge in [-0.05, 0) is 36.6 Å². The van der Waals surface area contributed by atoms with Gasteiger partial charge < -0.3 is 24.6 Å². The molecule has 26 heavy (non-hydrogen) atoms. The second-order valence-electron chi connectivity index (χ2n) is 5.72. The van der Waals surface area contributed by atoms with E-state index in [0.29, 0.717) is 36.8 Å². The van der Waals surface area contributed by atoms with Crippen molar-refractivity contribution in [3.63, 3.8) is 0 Å². The monoisotopic (exact) mass is 359 g/mol. The normalized spacial score (nSPS) is 11.7. The topological polar surface area (TPSA) is 77.0 Å². The standard InChI is InChI=1S/C20H25NO5/c1-4-26-19-17(24-2)11-15(12-18(19)25-3)13-21-16(20(22)23)10-14-8-6-5-7-9-14/h5-9,11-12,16,21H,4,10,13H2,1-3H3,(H,22,23)/t16-/m1/s1. The van der Waals surface area contributed by atoms with Crippen LogP contribution in [0.5, 0.6) is 17.2 Å². The van der Waals surface area contributed by atoms with Crippen LogP contribution < -0.4 is 19.5 Å². The van der Waals surface area contributed by atoms with Crippen molar-refractivity contribution in [3.05, 3.63) is 53.6 Å². The maximum Gasteiger partial charge on any atom is 0.321 e. The summed E-state index contributed by atoms with van der Waals surface area (Å²) in [5, 5.41) is 12.6. The van der Waals surface area contributed by atoms with Gasteiger partial charge in [-0.2, -0.15) is 0 Å². The first-order chi connectivity index (χ1) is 12.6. The largest absolute Gasteiger partial charge is 0.493 e. The highest BCUT2D eigenvalue weighted by molar-refractivity contribution is 5.74. The molecule has 2 aromatic rings. The Morgan fingerprint density at radius 2 is 1.69 bits per heavy atom. The van der Waals surface area contributed by atoms with Crippen molar-refractivity contribution in [1.82, 2.24) is 5.32 Å². The Balaban J connectivity index is 2.14. The van der Waals surface area contributed by atoms with E-state index in [1.807, 2.05) is 49.4 Å². The summed E-state index contributed by atoms with van der Waals surface area (Å²) in [6.45, 7) is 2.74. The van der Waals surface area contributed by atoms with Gasteiger partial charge in [0.2, 0.25) is 5.75 Å². The third kappa shape index (κ3) is 5.13. The van der Waals surface area contributed by atoms with Crippen LogP contribution >= 0.6 is 0 Å². The zero-order chi connectivity index (χ0) is 18.9. The molecule has 2 rings (SSSR count). The lowest BCUT2D eigenvalue weighted by molar-refractivity contribution is -0.139. The quantitative estimate of drug-likeness (QED) is 0.679. The maximum absolute atomic E-state index is 11.6. The van der Waals surface area contributed by atoms with Crippen molar-refractivity contribution >= 4 is 5.97 Å². The Bertz CT molecular complexity index is 692. The molecule has 0 bridgehead atoms. The number of nitrogens with one attached hydrogen (secondary N) is 1. The minimum absolute atomic E-state index is 0.364. The van der Waals surface area contributed by atoms with E-state index < -0.39 is 12.0 Å². The molecule has 0 aromatic heterocycles. The molecule has 0 fully saturated rings. The number of carbonyl (C=O) groups is 1. The van der Waals surface area contributed by atoms with Gasteiger partial charge in [0, 0.05) is 6.54 Å². The fourth-order valence-electron chi connectivity index (χ4n) is 2.66. The molecule has 0 aliphatic rings. The summed E-state index contributed by atoms with van der Waals surface area (Å²) in [6.07, 6.45) is 0.404. The van der Waals surface area contributed by atoms with Crippen LogP contribution in [0.4, 0.5) is 0 Å². The summed E-state index contributed by atoms with van der Waals surface area (Å²) < 4.78 is 16.3. The number of benzene rings is 2. The highest BCUT2D eigenvalue weighted by Crippen LogP contribution is 2.38. The van der Waals surface area contributed by atoms with Crippen molar-refractivity contribution in [1.29, 1.82) is 0 Å². The number of ether oxygens (including phenoxy) is 3. The van der Waals surface area contributed by atoms with Gasteiger partial charge >= 0.3 is 5.97 Å². The number of hydrogen-bond donors (Lipinski definition) is 2. The summed E-state index contributed by atoms with van der Waals surface area (Å²) in [6, 6.07) is 12.5. The minimum atomic E-state index is -0.890. The first-order valence-electron chi connectivity index (χ1n) is 8.46. The third-order valence-electron chi connectivity index (χ3n) is 3.94. The molecule has 1 atom stereocenters. The fourth-order valence-corrected chi connectivity index (χ4v) is 2.66. The van der Waals surface area contributed by atoms with E-state index in [1.165, 1.54) is 0 Å². The maximum atomic E-state index is 11.6. The van der Waals surface area contributed by atoms with Gasteiger partial charge in [-0.15, -0.1) is 0 Å². The number of methoxy groups -OCH3 is 2. The van der Waals surface area contributed by atoms with Crippen LogP contribution in [-0.2, 0) is 17.8 Å². The molecule has 6 nitrogen and oxygen atoms in total. The molecule has 0 amide bonds. The number of carboxylic acid groups (broad SMARTS) is 1. The number of hydrogen-bond acceptors (Lipinski definition) is 5. The van der Waals surface area contributed by atoms with Gasteiger partial charge in [0.25, 0.3) is 0 Å². The average molecular weight is 359 g/mol. The van der Waals surface area contributed by atoms with E-state index >= 15 is 0 Å². The molecular weight excluding hydrogens is 334 g/mol. The van der Waals surface area contributed by atoms with Crippen LogP contribution in [0, 0.1) is 0 Å². The molecule has 6 heteroatoms. The molecule has 2 N–H and O–H groups in total. The van der Waals surface area contributed by atoms with Crippen LogP contribution in [0.1, 0.15) is 18.1 Å². The number of aliphatic carboxylic acids is 1. The van der Waals surface area contributed by atoms with Crippen molar-refractivity contribution < 1.29 is 24.1 Å². The Kier molecular flexibility index (Phi) is 7.29. The highest BCUT2D eigenvalue weighted by atomic mass is 16.5. The second kappa shape index (κ2) is 9.68. The molecule has 0 radical (unpaired) electrons. The molecule has 0 heterocycles. The summed E-state index contributed by atoms with van der Waals surface area (Å²) in [5.74, 6) is 0.759. The van der Waals surface area contributed by atoms with Crippen LogP contribution in [0.15, 0.2) is 42.5 Å². The Morgan fingerprint density at radius 1 is 1.08 bits per heavy atom. The third-order valence-corrected chi connectivity index (χ3v) is 3.94. The smallest absolute Gasteiger partial charge is 0.321 e. The van der Waals surface area contributed by atoms with Gasteiger partial charge in [-0.25, -0.2) is 0 Å².